The summed E-state index contributed by atoms with van der Waals surface area (Å²) in [5.74, 6) is -0.0334. The summed E-state index contributed by atoms with van der Waals surface area (Å²) in [6.07, 6.45) is 1.84. The molecule has 30 heavy (non-hydrogen) atoms. The Hall–Kier alpha value is -2.38. The monoisotopic (exact) mass is 470 g/mol. The maximum Gasteiger partial charge on any atom is 0.326 e. The minimum absolute atomic E-state index is 0.0334. The van der Waals surface area contributed by atoms with Crippen LogP contribution in [0.5, 0.6) is 0 Å². The van der Waals surface area contributed by atoms with Gasteiger partial charge in [-0.05, 0) is 57.0 Å². The Morgan fingerprint density at radius 2 is 1.90 bits per heavy atom. The van der Waals surface area contributed by atoms with E-state index < -0.39 is 0 Å². The number of imidazole rings is 1. The van der Waals surface area contributed by atoms with E-state index in [0.29, 0.717) is 5.56 Å². The van der Waals surface area contributed by atoms with Gasteiger partial charge in [0, 0.05) is 41.8 Å². The van der Waals surface area contributed by atoms with E-state index >= 15 is 0 Å². The van der Waals surface area contributed by atoms with Gasteiger partial charge in [0.1, 0.15) is 0 Å². The number of rotatable bonds is 5. The summed E-state index contributed by atoms with van der Waals surface area (Å²) in [5, 5.41) is 3.10. The van der Waals surface area contributed by atoms with E-state index in [9.17, 15) is 9.59 Å². The van der Waals surface area contributed by atoms with Crippen molar-refractivity contribution in [2.75, 3.05) is 19.6 Å². The Morgan fingerprint density at radius 1 is 1.20 bits per heavy atom. The molecule has 0 aliphatic carbocycles. The Kier molecular flexibility index (Phi) is 6.11. The normalized spacial score (nSPS) is 16.6. The first kappa shape index (κ1) is 20.9. The molecule has 0 bridgehead atoms. The number of H-pyrrole nitrogens is 1. The van der Waals surface area contributed by atoms with Crippen molar-refractivity contribution >= 4 is 32.9 Å². The smallest absolute Gasteiger partial charge is 0.326 e. The van der Waals surface area contributed by atoms with E-state index in [4.69, 9.17) is 0 Å². The number of benzene rings is 2. The van der Waals surface area contributed by atoms with Gasteiger partial charge >= 0.3 is 5.69 Å². The third-order valence-electron chi connectivity index (χ3n) is 5.82. The Labute approximate surface area is 184 Å². The predicted molar refractivity (Wildman–Crippen MR) is 123 cm³/mol. The molecule has 0 radical (unpaired) electrons. The Morgan fingerprint density at radius 3 is 2.60 bits per heavy atom. The van der Waals surface area contributed by atoms with Gasteiger partial charge in [-0.2, -0.15) is 0 Å². The van der Waals surface area contributed by atoms with Crippen LogP contribution in [-0.2, 0) is 0 Å². The summed E-state index contributed by atoms with van der Waals surface area (Å²) >= 11 is 3.46. The minimum Gasteiger partial charge on any atom is -0.348 e. The molecule has 158 valence electrons. The molecule has 3 aromatic rings. The number of nitrogens with zero attached hydrogens (tertiary/aromatic N) is 2. The molecule has 1 fully saturated rings. The number of likely N-dealkylation sites (tertiary alicyclic amines) is 1. The van der Waals surface area contributed by atoms with Crippen LogP contribution in [0, 0.1) is 6.92 Å². The molecule has 6 nitrogen and oxygen atoms in total. The van der Waals surface area contributed by atoms with Crippen LogP contribution in [0.1, 0.15) is 41.7 Å². The Balaban J connectivity index is 1.34. The van der Waals surface area contributed by atoms with Gasteiger partial charge in [-0.15, -0.1) is 0 Å². The average Bonchev–Trinajstić information content (AvgIpc) is 3.03. The van der Waals surface area contributed by atoms with Gasteiger partial charge < -0.3 is 15.2 Å². The molecule has 0 saturated carbocycles. The number of aryl methyl sites for hydroxylation is 1. The zero-order chi connectivity index (χ0) is 21.3. The number of carbonyl (C=O) groups excluding carboxylic acids is 1. The van der Waals surface area contributed by atoms with Gasteiger partial charge in [-0.3, -0.25) is 9.36 Å². The SMILES string of the molecule is Cc1ccc(C(=O)N[C@@H](C)CN2CCC(n3c(=O)[nH]c4cc(Br)ccc43)CC2)cc1. The fraction of sp³-hybridized carbons (Fsp3) is 0.391. The molecular formula is C23H27BrN4O2. The largest absolute Gasteiger partial charge is 0.348 e. The molecule has 2 N–H and O–H groups in total. The first-order valence-electron chi connectivity index (χ1n) is 10.4. The minimum atomic E-state index is -0.0414. The lowest BCUT2D eigenvalue weighted by molar-refractivity contribution is 0.0921. The van der Waals surface area contributed by atoms with E-state index in [1.807, 2.05) is 60.9 Å². The van der Waals surface area contributed by atoms with E-state index in [1.165, 1.54) is 0 Å². The summed E-state index contributed by atoms with van der Waals surface area (Å²) < 4.78 is 2.86. The van der Waals surface area contributed by atoms with Gasteiger partial charge in [0.2, 0.25) is 0 Å². The van der Waals surface area contributed by atoms with Crippen molar-refractivity contribution in [3.05, 3.63) is 68.5 Å². The third kappa shape index (κ3) is 4.52. The molecule has 1 aliphatic heterocycles. The maximum absolute atomic E-state index is 12.5. The van der Waals surface area contributed by atoms with Crippen molar-refractivity contribution in [3.63, 3.8) is 0 Å². The number of aromatic nitrogens is 2. The molecule has 2 heterocycles. The van der Waals surface area contributed by atoms with Gasteiger partial charge in [-0.1, -0.05) is 33.6 Å². The summed E-state index contributed by atoms with van der Waals surface area (Å²) in [4.78, 5) is 30.3. The van der Waals surface area contributed by atoms with Crippen molar-refractivity contribution in [3.8, 4) is 0 Å². The zero-order valence-corrected chi connectivity index (χ0v) is 18.9. The van der Waals surface area contributed by atoms with E-state index in [-0.39, 0.29) is 23.7 Å². The van der Waals surface area contributed by atoms with Crippen molar-refractivity contribution in [1.82, 2.24) is 19.8 Å². The lowest BCUT2D eigenvalue weighted by Gasteiger charge is -2.34. The van der Waals surface area contributed by atoms with Crippen LogP contribution < -0.4 is 11.0 Å². The highest BCUT2D eigenvalue weighted by atomic mass is 79.9. The lowest BCUT2D eigenvalue weighted by atomic mass is 10.0. The number of carbonyl (C=O) groups is 1. The van der Waals surface area contributed by atoms with Crippen LogP contribution in [0.2, 0.25) is 0 Å². The number of amides is 1. The molecule has 4 rings (SSSR count). The molecule has 1 aromatic heterocycles. The van der Waals surface area contributed by atoms with Crippen molar-refractivity contribution in [2.24, 2.45) is 0 Å². The third-order valence-corrected chi connectivity index (χ3v) is 6.32. The molecule has 0 unspecified atom stereocenters. The van der Waals surface area contributed by atoms with Gasteiger partial charge in [0.25, 0.3) is 5.91 Å². The van der Waals surface area contributed by atoms with Crippen molar-refractivity contribution in [2.45, 2.75) is 38.8 Å². The number of fused-ring (bicyclic) bond motifs is 1. The van der Waals surface area contributed by atoms with Gasteiger partial charge in [0.15, 0.2) is 0 Å². The van der Waals surface area contributed by atoms with Crippen LogP contribution in [0.3, 0.4) is 0 Å². The highest BCUT2D eigenvalue weighted by Crippen LogP contribution is 2.26. The maximum atomic E-state index is 12.5. The topological polar surface area (TPSA) is 70.1 Å². The second kappa shape index (κ2) is 8.78. The molecule has 7 heteroatoms. The first-order chi connectivity index (χ1) is 14.4. The first-order valence-corrected chi connectivity index (χ1v) is 11.2. The van der Waals surface area contributed by atoms with Crippen molar-refractivity contribution in [1.29, 1.82) is 0 Å². The summed E-state index contributed by atoms with van der Waals surface area (Å²) in [7, 11) is 0. The van der Waals surface area contributed by atoms with Crippen LogP contribution in [0.4, 0.5) is 0 Å². The van der Waals surface area contributed by atoms with Crippen LogP contribution in [0.15, 0.2) is 51.7 Å². The number of hydrogen-bond donors (Lipinski definition) is 2. The number of nitrogens with one attached hydrogen (secondary N) is 2. The fourth-order valence-corrected chi connectivity index (χ4v) is 4.63. The highest BCUT2D eigenvalue weighted by molar-refractivity contribution is 9.10. The number of piperidine rings is 1. The van der Waals surface area contributed by atoms with Crippen LogP contribution in [0.25, 0.3) is 11.0 Å². The summed E-state index contributed by atoms with van der Waals surface area (Å²) in [6, 6.07) is 13.8. The molecule has 1 amide bonds. The lowest BCUT2D eigenvalue weighted by Crippen LogP contribution is -2.45. The second-order valence-electron chi connectivity index (χ2n) is 8.23. The predicted octanol–water partition coefficient (Wildman–Crippen LogP) is 3.86. The molecule has 1 saturated heterocycles. The standard InChI is InChI=1S/C23H27BrN4O2/c1-15-3-5-17(6-4-15)22(29)25-16(2)14-27-11-9-19(10-12-27)28-21-8-7-18(24)13-20(21)26-23(28)30/h3-8,13,16,19H,9-12,14H2,1-2H3,(H,25,29)(H,26,30)/t16-/m0/s1. The quantitative estimate of drug-likeness (QED) is 0.594. The van der Waals surface area contributed by atoms with E-state index in [0.717, 1.165) is 53.5 Å². The molecule has 1 aliphatic rings. The molecular weight excluding hydrogens is 444 g/mol. The average molecular weight is 471 g/mol. The van der Waals surface area contributed by atoms with E-state index in [1.54, 1.807) is 0 Å². The molecule has 1 atom stereocenters. The zero-order valence-electron chi connectivity index (χ0n) is 17.3. The summed E-state index contributed by atoms with van der Waals surface area (Å²) in [6.45, 7) is 6.67. The second-order valence-corrected chi connectivity index (χ2v) is 9.15. The van der Waals surface area contributed by atoms with E-state index in [2.05, 4.69) is 31.1 Å². The van der Waals surface area contributed by atoms with Crippen molar-refractivity contribution < 1.29 is 4.79 Å². The molecule has 2 aromatic carbocycles. The van der Waals surface area contributed by atoms with Gasteiger partial charge in [-0.25, -0.2) is 4.79 Å². The summed E-state index contributed by atoms with van der Waals surface area (Å²) in [5.41, 5.74) is 3.62. The fourth-order valence-electron chi connectivity index (χ4n) is 4.27. The molecule has 0 spiro atoms. The van der Waals surface area contributed by atoms with Gasteiger partial charge in [0.05, 0.1) is 11.0 Å². The van der Waals surface area contributed by atoms with Crippen LogP contribution in [-0.4, -0.2) is 46.0 Å². The number of hydrogen-bond acceptors (Lipinski definition) is 3. The Bertz CT molecular complexity index is 1090. The number of halogens is 1. The number of aromatic amines is 1. The van der Waals surface area contributed by atoms with Crippen LogP contribution >= 0.6 is 15.9 Å². The highest BCUT2D eigenvalue weighted by Gasteiger charge is 2.24.